The molecule has 0 aromatic carbocycles. The van der Waals surface area contributed by atoms with Crippen LogP contribution in [0.25, 0.3) is 0 Å². The molecule has 0 aliphatic carbocycles. The number of hydrogen-bond acceptors (Lipinski definition) is 4. The first kappa shape index (κ1) is 12.9. The number of ketones is 1. The van der Waals surface area contributed by atoms with E-state index in [1.54, 1.807) is 18.7 Å². The standard InChI is InChI=1S/C10H13BrN2O3/c1-4-16-8(15)5-7(14)10-9(11)6(2)13(3)12-10/h4-5H2,1-3H3. The van der Waals surface area contributed by atoms with Crippen molar-refractivity contribution in [2.75, 3.05) is 6.61 Å². The molecule has 0 aliphatic heterocycles. The van der Waals surface area contributed by atoms with Gasteiger partial charge in [0.1, 0.15) is 12.1 Å². The van der Waals surface area contributed by atoms with Crippen molar-refractivity contribution in [3.8, 4) is 0 Å². The van der Waals surface area contributed by atoms with Gasteiger partial charge in [0, 0.05) is 12.7 Å². The summed E-state index contributed by atoms with van der Waals surface area (Å²) in [4.78, 5) is 22.8. The maximum Gasteiger partial charge on any atom is 0.313 e. The van der Waals surface area contributed by atoms with E-state index in [0.29, 0.717) is 4.47 Å². The van der Waals surface area contributed by atoms with Gasteiger partial charge in [-0.25, -0.2) is 0 Å². The van der Waals surface area contributed by atoms with Gasteiger partial charge in [0.15, 0.2) is 5.78 Å². The van der Waals surface area contributed by atoms with Crippen molar-refractivity contribution in [2.24, 2.45) is 7.05 Å². The molecule has 0 radical (unpaired) electrons. The fraction of sp³-hybridized carbons (Fsp3) is 0.500. The van der Waals surface area contributed by atoms with Crippen molar-refractivity contribution >= 4 is 27.7 Å². The summed E-state index contributed by atoms with van der Waals surface area (Å²) in [5.74, 6) is -0.864. The highest BCUT2D eigenvalue weighted by molar-refractivity contribution is 9.10. The lowest BCUT2D eigenvalue weighted by molar-refractivity contribution is -0.141. The molecule has 0 spiro atoms. The average Bonchev–Trinajstić information content (AvgIpc) is 2.46. The Morgan fingerprint density at radius 2 is 2.12 bits per heavy atom. The monoisotopic (exact) mass is 288 g/mol. The number of carbonyl (C=O) groups is 2. The summed E-state index contributed by atoms with van der Waals surface area (Å²) < 4.78 is 6.92. The Kier molecular flexibility index (Phi) is 4.23. The Balaban J connectivity index is 2.81. The minimum atomic E-state index is -0.525. The number of hydrogen-bond donors (Lipinski definition) is 0. The topological polar surface area (TPSA) is 61.2 Å². The third kappa shape index (κ3) is 2.69. The number of esters is 1. The number of nitrogens with zero attached hydrogens (tertiary/aromatic N) is 2. The summed E-state index contributed by atoms with van der Waals surface area (Å²) in [6, 6.07) is 0. The SMILES string of the molecule is CCOC(=O)CC(=O)c1nn(C)c(C)c1Br. The van der Waals surface area contributed by atoms with Crippen molar-refractivity contribution < 1.29 is 14.3 Å². The first-order valence-electron chi connectivity index (χ1n) is 4.85. The molecule has 1 aromatic rings. The van der Waals surface area contributed by atoms with Gasteiger partial charge in [-0.05, 0) is 29.8 Å². The van der Waals surface area contributed by atoms with Gasteiger partial charge in [-0.15, -0.1) is 0 Å². The second-order valence-corrected chi connectivity index (χ2v) is 4.07. The lowest BCUT2D eigenvalue weighted by Crippen LogP contribution is -2.12. The molecule has 5 nitrogen and oxygen atoms in total. The summed E-state index contributed by atoms with van der Waals surface area (Å²) in [5.41, 5.74) is 1.11. The van der Waals surface area contributed by atoms with Crippen molar-refractivity contribution in [2.45, 2.75) is 20.3 Å². The molecular formula is C10H13BrN2O3. The molecule has 88 valence electrons. The zero-order valence-electron chi connectivity index (χ0n) is 9.41. The lowest BCUT2D eigenvalue weighted by atomic mass is 10.2. The number of aromatic nitrogens is 2. The fourth-order valence-corrected chi connectivity index (χ4v) is 1.74. The molecule has 0 saturated heterocycles. The van der Waals surface area contributed by atoms with Crippen LogP contribution in [0, 0.1) is 6.92 Å². The van der Waals surface area contributed by atoms with E-state index >= 15 is 0 Å². The van der Waals surface area contributed by atoms with Crippen LogP contribution in [0.2, 0.25) is 0 Å². The van der Waals surface area contributed by atoms with Crippen LogP contribution in [0.15, 0.2) is 4.47 Å². The normalized spacial score (nSPS) is 10.2. The molecule has 0 N–H and O–H groups in total. The summed E-state index contributed by atoms with van der Waals surface area (Å²) in [6.45, 7) is 3.80. The minimum absolute atomic E-state index is 0.271. The molecule has 0 atom stereocenters. The minimum Gasteiger partial charge on any atom is -0.466 e. The van der Waals surface area contributed by atoms with Gasteiger partial charge in [0.25, 0.3) is 0 Å². The van der Waals surface area contributed by atoms with Crippen LogP contribution in [0.4, 0.5) is 0 Å². The predicted molar refractivity (Wildman–Crippen MR) is 61.2 cm³/mol. The maximum absolute atomic E-state index is 11.7. The molecule has 0 fully saturated rings. The third-order valence-corrected chi connectivity index (χ3v) is 3.08. The number of halogens is 1. The molecule has 0 aliphatic rings. The highest BCUT2D eigenvalue weighted by atomic mass is 79.9. The number of aryl methyl sites for hydroxylation is 1. The first-order valence-corrected chi connectivity index (χ1v) is 5.64. The lowest BCUT2D eigenvalue weighted by Gasteiger charge is -1.99. The highest BCUT2D eigenvalue weighted by Gasteiger charge is 2.20. The fourth-order valence-electron chi connectivity index (χ4n) is 1.19. The Morgan fingerprint density at radius 1 is 1.50 bits per heavy atom. The largest absolute Gasteiger partial charge is 0.466 e. The summed E-state index contributed by atoms with van der Waals surface area (Å²) in [7, 11) is 1.74. The molecule has 16 heavy (non-hydrogen) atoms. The van der Waals surface area contributed by atoms with Crippen molar-refractivity contribution in [1.82, 2.24) is 9.78 Å². The predicted octanol–water partition coefficient (Wildman–Crippen LogP) is 1.63. The van der Waals surface area contributed by atoms with Gasteiger partial charge in [-0.3, -0.25) is 14.3 Å². The summed E-state index contributed by atoms with van der Waals surface area (Å²) >= 11 is 3.27. The Morgan fingerprint density at radius 3 is 2.56 bits per heavy atom. The number of rotatable bonds is 4. The van der Waals surface area contributed by atoms with E-state index in [2.05, 4.69) is 21.0 Å². The Hall–Kier alpha value is -1.17. The van der Waals surface area contributed by atoms with Gasteiger partial charge in [-0.1, -0.05) is 0 Å². The van der Waals surface area contributed by atoms with E-state index in [-0.39, 0.29) is 24.5 Å². The first-order chi connectivity index (χ1) is 7.47. The van der Waals surface area contributed by atoms with E-state index in [4.69, 9.17) is 4.74 Å². The van der Waals surface area contributed by atoms with Crippen LogP contribution in [-0.4, -0.2) is 28.1 Å². The Bertz CT molecular complexity index is 426. The van der Waals surface area contributed by atoms with Crippen molar-refractivity contribution in [3.05, 3.63) is 15.9 Å². The van der Waals surface area contributed by atoms with Crippen LogP contribution in [-0.2, 0) is 16.6 Å². The van der Waals surface area contributed by atoms with Gasteiger partial charge in [-0.2, -0.15) is 5.10 Å². The van der Waals surface area contributed by atoms with E-state index in [0.717, 1.165) is 5.69 Å². The maximum atomic E-state index is 11.7. The molecule has 1 heterocycles. The van der Waals surface area contributed by atoms with E-state index < -0.39 is 5.97 Å². The van der Waals surface area contributed by atoms with Crippen LogP contribution in [0.1, 0.15) is 29.5 Å². The second-order valence-electron chi connectivity index (χ2n) is 3.28. The molecule has 6 heteroatoms. The van der Waals surface area contributed by atoms with Crippen molar-refractivity contribution in [1.29, 1.82) is 0 Å². The van der Waals surface area contributed by atoms with Crippen LogP contribution in [0.3, 0.4) is 0 Å². The Labute approximate surface area is 102 Å². The van der Waals surface area contributed by atoms with Gasteiger partial charge in [0.2, 0.25) is 0 Å². The van der Waals surface area contributed by atoms with E-state index in [1.807, 2.05) is 6.92 Å². The zero-order valence-corrected chi connectivity index (χ0v) is 11.0. The van der Waals surface area contributed by atoms with Gasteiger partial charge in [0.05, 0.1) is 11.1 Å². The van der Waals surface area contributed by atoms with Crippen LogP contribution in [0.5, 0.6) is 0 Å². The van der Waals surface area contributed by atoms with Crippen molar-refractivity contribution in [3.63, 3.8) is 0 Å². The number of ether oxygens (including phenoxy) is 1. The smallest absolute Gasteiger partial charge is 0.313 e. The molecule has 0 bridgehead atoms. The molecule has 0 saturated carbocycles. The number of carbonyl (C=O) groups excluding carboxylic acids is 2. The van der Waals surface area contributed by atoms with Gasteiger partial charge >= 0.3 is 5.97 Å². The average molecular weight is 289 g/mol. The number of Topliss-reactive ketones (excluding diaryl/α,β-unsaturated/α-hetero) is 1. The molecule has 1 rings (SSSR count). The van der Waals surface area contributed by atoms with E-state index in [1.165, 1.54) is 0 Å². The zero-order chi connectivity index (χ0) is 12.3. The molecule has 1 aromatic heterocycles. The summed E-state index contributed by atoms with van der Waals surface area (Å²) in [6.07, 6.45) is -0.275. The second kappa shape index (κ2) is 5.25. The van der Waals surface area contributed by atoms with E-state index in [9.17, 15) is 9.59 Å². The summed E-state index contributed by atoms with van der Waals surface area (Å²) in [5, 5.41) is 4.04. The molecular weight excluding hydrogens is 276 g/mol. The third-order valence-electron chi connectivity index (χ3n) is 2.14. The quantitative estimate of drug-likeness (QED) is 0.480. The molecule has 0 amide bonds. The van der Waals surface area contributed by atoms with Crippen LogP contribution >= 0.6 is 15.9 Å². The van der Waals surface area contributed by atoms with Gasteiger partial charge < -0.3 is 4.74 Å². The highest BCUT2D eigenvalue weighted by Crippen LogP contribution is 2.21. The van der Waals surface area contributed by atoms with Crippen LogP contribution < -0.4 is 0 Å². The molecule has 0 unspecified atom stereocenters.